The molecule has 1 aliphatic carbocycles. The number of hydrogen-bond donors (Lipinski definition) is 3. The van der Waals surface area contributed by atoms with Crippen molar-refractivity contribution in [2.45, 2.75) is 39.5 Å². The van der Waals surface area contributed by atoms with Crippen molar-refractivity contribution in [1.29, 1.82) is 0 Å². The summed E-state index contributed by atoms with van der Waals surface area (Å²) < 4.78 is 0. The molecule has 6 nitrogen and oxygen atoms in total. The third kappa shape index (κ3) is 4.87. The van der Waals surface area contributed by atoms with E-state index in [1.165, 1.54) is 0 Å². The highest BCUT2D eigenvalue weighted by Gasteiger charge is 2.29. The lowest BCUT2D eigenvalue weighted by Crippen LogP contribution is -2.42. The van der Waals surface area contributed by atoms with Gasteiger partial charge in [0.1, 0.15) is 0 Å². The lowest BCUT2D eigenvalue weighted by molar-refractivity contribution is -0.130. The number of hydrazine groups is 1. The van der Waals surface area contributed by atoms with E-state index in [-0.39, 0.29) is 36.5 Å². The van der Waals surface area contributed by atoms with E-state index in [0.29, 0.717) is 0 Å². The number of rotatable bonds is 5. The second-order valence-corrected chi connectivity index (χ2v) is 5.68. The second-order valence-electron chi connectivity index (χ2n) is 5.68. The van der Waals surface area contributed by atoms with Crippen LogP contribution in [0.25, 0.3) is 0 Å². The Kier molecular flexibility index (Phi) is 5.14. The van der Waals surface area contributed by atoms with Gasteiger partial charge in [0.15, 0.2) is 0 Å². The third-order valence-electron chi connectivity index (χ3n) is 3.51. The predicted molar refractivity (Wildman–Crippen MR) is 82.8 cm³/mol. The zero-order valence-electron chi connectivity index (χ0n) is 12.9. The molecule has 0 heterocycles. The Labute approximate surface area is 129 Å². The van der Waals surface area contributed by atoms with Crippen molar-refractivity contribution in [3.8, 4) is 0 Å². The van der Waals surface area contributed by atoms with Crippen molar-refractivity contribution < 1.29 is 14.4 Å². The van der Waals surface area contributed by atoms with Crippen LogP contribution in [0.2, 0.25) is 0 Å². The Morgan fingerprint density at radius 3 is 2.36 bits per heavy atom. The van der Waals surface area contributed by atoms with Gasteiger partial charge in [0.2, 0.25) is 17.7 Å². The summed E-state index contributed by atoms with van der Waals surface area (Å²) in [6.07, 6.45) is 1.85. The molecular weight excluding hydrogens is 282 g/mol. The van der Waals surface area contributed by atoms with Crippen molar-refractivity contribution in [1.82, 2.24) is 10.9 Å². The Bertz CT molecular complexity index is 594. The fraction of sp³-hybridized carbons (Fsp3) is 0.438. The van der Waals surface area contributed by atoms with Crippen molar-refractivity contribution in [2.75, 3.05) is 5.32 Å². The Balaban J connectivity index is 1.70. The number of aryl methyl sites for hydroxylation is 2. The van der Waals surface area contributed by atoms with E-state index in [1.54, 1.807) is 0 Å². The molecule has 6 heteroatoms. The number of amides is 3. The molecule has 0 bridgehead atoms. The third-order valence-corrected chi connectivity index (χ3v) is 3.51. The smallest absolute Gasteiger partial charge is 0.241 e. The van der Waals surface area contributed by atoms with E-state index >= 15 is 0 Å². The van der Waals surface area contributed by atoms with E-state index in [1.807, 2.05) is 32.0 Å². The maximum Gasteiger partial charge on any atom is 0.241 e. The van der Waals surface area contributed by atoms with Gasteiger partial charge in [-0.25, -0.2) is 0 Å². The van der Waals surface area contributed by atoms with Crippen LogP contribution in [-0.2, 0) is 14.4 Å². The molecule has 0 radical (unpaired) electrons. The van der Waals surface area contributed by atoms with Crippen molar-refractivity contribution >= 4 is 23.4 Å². The summed E-state index contributed by atoms with van der Waals surface area (Å²) in [6, 6.07) is 5.75. The number of hydrogen-bond acceptors (Lipinski definition) is 3. The van der Waals surface area contributed by atoms with E-state index in [2.05, 4.69) is 16.2 Å². The maximum absolute atomic E-state index is 11.8. The molecule has 1 aromatic rings. The number of anilines is 1. The summed E-state index contributed by atoms with van der Waals surface area (Å²) in [4.78, 5) is 34.7. The van der Waals surface area contributed by atoms with Gasteiger partial charge in [-0.15, -0.1) is 0 Å². The van der Waals surface area contributed by atoms with Gasteiger partial charge in [0, 0.05) is 24.4 Å². The molecule has 118 valence electrons. The molecule has 0 spiro atoms. The summed E-state index contributed by atoms with van der Waals surface area (Å²) >= 11 is 0. The first-order valence-electron chi connectivity index (χ1n) is 7.41. The van der Waals surface area contributed by atoms with Crippen LogP contribution in [0.15, 0.2) is 18.2 Å². The normalized spacial score (nSPS) is 13.4. The van der Waals surface area contributed by atoms with Gasteiger partial charge >= 0.3 is 0 Å². The molecule has 0 unspecified atom stereocenters. The van der Waals surface area contributed by atoms with Crippen LogP contribution >= 0.6 is 0 Å². The Hall–Kier alpha value is -2.37. The zero-order valence-corrected chi connectivity index (χ0v) is 12.9. The summed E-state index contributed by atoms with van der Waals surface area (Å²) in [6.45, 7) is 3.90. The van der Waals surface area contributed by atoms with Gasteiger partial charge in [-0.05, 0) is 38.3 Å². The van der Waals surface area contributed by atoms with E-state index < -0.39 is 0 Å². The van der Waals surface area contributed by atoms with E-state index in [9.17, 15) is 14.4 Å². The summed E-state index contributed by atoms with van der Waals surface area (Å²) in [5.74, 6) is -0.721. The molecule has 2 rings (SSSR count). The molecule has 3 amide bonds. The molecule has 0 atom stereocenters. The van der Waals surface area contributed by atoms with Crippen molar-refractivity contribution in [3.63, 3.8) is 0 Å². The molecule has 1 saturated carbocycles. The number of carbonyl (C=O) groups is 3. The van der Waals surface area contributed by atoms with Gasteiger partial charge in [-0.3, -0.25) is 25.2 Å². The highest BCUT2D eigenvalue weighted by molar-refractivity contribution is 5.94. The average Bonchev–Trinajstić information content (AvgIpc) is 3.30. The molecule has 0 saturated heterocycles. The van der Waals surface area contributed by atoms with Gasteiger partial charge in [0.05, 0.1) is 0 Å². The first kappa shape index (κ1) is 16.0. The highest BCUT2D eigenvalue weighted by atomic mass is 16.2. The van der Waals surface area contributed by atoms with Crippen molar-refractivity contribution in [3.05, 3.63) is 29.3 Å². The quantitative estimate of drug-likeness (QED) is 0.722. The first-order valence-corrected chi connectivity index (χ1v) is 7.41. The van der Waals surface area contributed by atoms with Crippen LogP contribution in [0.5, 0.6) is 0 Å². The van der Waals surface area contributed by atoms with Gasteiger partial charge in [-0.2, -0.15) is 0 Å². The fourth-order valence-corrected chi connectivity index (χ4v) is 2.04. The Morgan fingerprint density at radius 1 is 1.05 bits per heavy atom. The Morgan fingerprint density at radius 2 is 1.73 bits per heavy atom. The van der Waals surface area contributed by atoms with E-state index in [0.717, 1.165) is 29.7 Å². The van der Waals surface area contributed by atoms with Crippen molar-refractivity contribution in [2.24, 2.45) is 5.92 Å². The van der Waals surface area contributed by atoms with Crippen LogP contribution in [-0.4, -0.2) is 17.7 Å². The van der Waals surface area contributed by atoms with Crippen LogP contribution in [0, 0.1) is 19.8 Å². The lowest BCUT2D eigenvalue weighted by atomic mass is 10.1. The largest absolute Gasteiger partial charge is 0.326 e. The van der Waals surface area contributed by atoms with Crippen LogP contribution < -0.4 is 16.2 Å². The summed E-state index contributed by atoms with van der Waals surface area (Å²) in [5, 5.41) is 2.78. The monoisotopic (exact) mass is 303 g/mol. The molecule has 0 aromatic heterocycles. The molecule has 1 fully saturated rings. The first-order chi connectivity index (χ1) is 10.5. The molecule has 3 N–H and O–H groups in total. The summed E-state index contributed by atoms with van der Waals surface area (Å²) in [7, 11) is 0. The molecule has 1 aliphatic rings. The van der Waals surface area contributed by atoms with Crippen LogP contribution in [0.3, 0.4) is 0 Å². The fourth-order valence-electron chi connectivity index (χ4n) is 2.04. The van der Waals surface area contributed by atoms with Gasteiger partial charge < -0.3 is 5.32 Å². The SMILES string of the molecule is Cc1ccc(NC(=O)CCC(=O)NNC(=O)C2CC2)c(C)c1. The van der Waals surface area contributed by atoms with Crippen LogP contribution in [0.4, 0.5) is 5.69 Å². The standard InChI is InChI=1S/C16H21N3O3/c1-10-3-6-13(11(2)9-10)17-14(20)7-8-15(21)18-19-16(22)12-4-5-12/h3,6,9,12H,4-5,7-8H2,1-2H3,(H,17,20)(H,18,21)(H,19,22). The van der Waals surface area contributed by atoms with Gasteiger partial charge in [-0.1, -0.05) is 17.7 Å². The average molecular weight is 303 g/mol. The minimum atomic E-state index is -0.371. The van der Waals surface area contributed by atoms with Gasteiger partial charge in [0.25, 0.3) is 0 Å². The summed E-state index contributed by atoms with van der Waals surface area (Å²) in [5.41, 5.74) is 7.54. The zero-order chi connectivity index (χ0) is 16.1. The molecule has 1 aromatic carbocycles. The van der Waals surface area contributed by atoms with E-state index in [4.69, 9.17) is 0 Å². The number of nitrogens with one attached hydrogen (secondary N) is 3. The topological polar surface area (TPSA) is 87.3 Å². The maximum atomic E-state index is 11.8. The lowest BCUT2D eigenvalue weighted by Gasteiger charge is -2.09. The van der Waals surface area contributed by atoms with Crippen LogP contribution in [0.1, 0.15) is 36.8 Å². The second kappa shape index (κ2) is 7.06. The number of benzene rings is 1. The predicted octanol–water partition coefficient (Wildman–Crippen LogP) is 1.58. The molecular formula is C16H21N3O3. The number of carbonyl (C=O) groups excluding carboxylic acids is 3. The minimum Gasteiger partial charge on any atom is -0.326 e. The molecule has 0 aliphatic heterocycles. The minimum absolute atomic E-state index is 0.0295. The molecule has 22 heavy (non-hydrogen) atoms. The highest BCUT2D eigenvalue weighted by Crippen LogP contribution is 2.28.